The molecule has 2 aliphatic heterocycles. The normalized spacial score (nSPS) is 31.9. The topological polar surface area (TPSA) is 32.8 Å². The first-order chi connectivity index (χ1) is 8.28. The Labute approximate surface area is 110 Å². The Kier molecular flexibility index (Phi) is 3.58. The average molecular weight is 254 g/mol. The Bertz CT molecular complexity index is 308. The van der Waals surface area contributed by atoms with Gasteiger partial charge in [0.25, 0.3) is 0 Å². The second-order valence-corrected chi connectivity index (χ2v) is 6.86. The standard InChI is InChI=1S/C14H26N2O2/c1-14(2,3)18-13(17)16-10-6-7-11(16)9-12(8-10)15(4)5/h10-12H,6-9H2,1-5H3/t10-,11+,12+. The quantitative estimate of drug-likeness (QED) is 0.720. The first-order valence-electron chi connectivity index (χ1n) is 6.95. The van der Waals surface area contributed by atoms with Crippen LogP contribution in [0.15, 0.2) is 0 Å². The van der Waals surface area contributed by atoms with E-state index in [1.807, 2.05) is 25.7 Å². The van der Waals surface area contributed by atoms with Crippen molar-refractivity contribution in [1.29, 1.82) is 0 Å². The fraction of sp³-hybridized carbons (Fsp3) is 0.929. The molecule has 0 spiro atoms. The van der Waals surface area contributed by atoms with Crippen LogP contribution in [0.5, 0.6) is 0 Å². The number of ether oxygens (including phenoxy) is 1. The Morgan fingerprint density at radius 2 is 1.67 bits per heavy atom. The summed E-state index contributed by atoms with van der Waals surface area (Å²) in [7, 11) is 4.26. The van der Waals surface area contributed by atoms with Crippen molar-refractivity contribution in [3.8, 4) is 0 Å². The summed E-state index contributed by atoms with van der Waals surface area (Å²) < 4.78 is 5.53. The number of amides is 1. The minimum Gasteiger partial charge on any atom is -0.444 e. The van der Waals surface area contributed by atoms with Gasteiger partial charge >= 0.3 is 6.09 Å². The molecule has 4 nitrogen and oxygen atoms in total. The molecular weight excluding hydrogens is 228 g/mol. The molecule has 0 aromatic heterocycles. The third kappa shape index (κ3) is 2.79. The number of rotatable bonds is 1. The predicted molar refractivity (Wildman–Crippen MR) is 71.6 cm³/mol. The molecule has 2 rings (SSSR count). The molecule has 2 fully saturated rings. The highest BCUT2D eigenvalue weighted by atomic mass is 16.6. The zero-order valence-corrected chi connectivity index (χ0v) is 12.3. The molecule has 104 valence electrons. The molecule has 2 bridgehead atoms. The van der Waals surface area contributed by atoms with E-state index in [0.29, 0.717) is 18.1 Å². The van der Waals surface area contributed by atoms with E-state index in [-0.39, 0.29) is 6.09 Å². The van der Waals surface area contributed by atoms with Gasteiger partial charge in [0.2, 0.25) is 0 Å². The zero-order valence-electron chi connectivity index (χ0n) is 12.3. The zero-order chi connectivity index (χ0) is 13.5. The summed E-state index contributed by atoms with van der Waals surface area (Å²) in [6.07, 6.45) is 4.32. The van der Waals surface area contributed by atoms with Gasteiger partial charge in [-0.3, -0.25) is 0 Å². The van der Waals surface area contributed by atoms with Gasteiger partial charge in [-0.15, -0.1) is 0 Å². The van der Waals surface area contributed by atoms with Crippen LogP contribution in [0.1, 0.15) is 46.5 Å². The van der Waals surface area contributed by atoms with Gasteiger partial charge in [-0.1, -0.05) is 0 Å². The lowest BCUT2D eigenvalue weighted by atomic mass is 9.97. The van der Waals surface area contributed by atoms with E-state index in [0.717, 1.165) is 25.7 Å². The van der Waals surface area contributed by atoms with E-state index >= 15 is 0 Å². The lowest BCUT2D eigenvalue weighted by Crippen LogP contribution is -2.52. The van der Waals surface area contributed by atoms with Crippen molar-refractivity contribution >= 4 is 6.09 Å². The molecule has 0 N–H and O–H groups in total. The first kappa shape index (κ1) is 13.7. The molecular formula is C14H26N2O2. The van der Waals surface area contributed by atoms with Crippen LogP contribution < -0.4 is 0 Å². The molecule has 3 atom stereocenters. The third-order valence-corrected chi connectivity index (χ3v) is 4.04. The maximum absolute atomic E-state index is 12.2. The number of hydrogen-bond acceptors (Lipinski definition) is 3. The molecule has 18 heavy (non-hydrogen) atoms. The summed E-state index contributed by atoms with van der Waals surface area (Å²) in [5.74, 6) is 0. The Hall–Kier alpha value is -0.770. The Morgan fingerprint density at radius 3 is 2.06 bits per heavy atom. The summed E-state index contributed by atoms with van der Waals surface area (Å²) in [6.45, 7) is 5.79. The van der Waals surface area contributed by atoms with Gasteiger partial charge in [-0.2, -0.15) is 0 Å². The second-order valence-electron chi connectivity index (χ2n) is 6.86. The number of nitrogens with zero attached hydrogens (tertiary/aromatic N) is 2. The van der Waals surface area contributed by atoms with E-state index in [1.54, 1.807) is 0 Å². The minimum absolute atomic E-state index is 0.118. The molecule has 2 heterocycles. The highest BCUT2D eigenvalue weighted by Crippen LogP contribution is 2.37. The van der Waals surface area contributed by atoms with Crippen LogP contribution >= 0.6 is 0 Å². The first-order valence-corrected chi connectivity index (χ1v) is 6.95. The number of fused-ring (bicyclic) bond motifs is 2. The van der Waals surface area contributed by atoms with Crippen LogP contribution in [0.4, 0.5) is 4.79 Å². The summed E-state index contributed by atoms with van der Waals surface area (Å²) in [5.41, 5.74) is -0.394. The van der Waals surface area contributed by atoms with Crippen LogP contribution in [0.2, 0.25) is 0 Å². The molecule has 0 radical (unpaired) electrons. The Balaban J connectivity index is 2.02. The maximum atomic E-state index is 12.2. The lowest BCUT2D eigenvalue weighted by Gasteiger charge is -2.41. The van der Waals surface area contributed by atoms with E-state index in [2.05, 4.69) is 19.0 Å². The van der Waals surface area contributed by atoms with Crippen molar-refractivity contribution in [3.05, 3.63) is 0 Å². The summed E-state index contributed by atoms with van der Waals surface area (Å²) >= 11 is 0. The van der Waals surface area contributed by atoms with Gasteiger partial charge in [0.15, 0.2) is 0 Å². The van der Waals surface area contributed by atoms with Crippen molar-refractivity contribution in [2.24, 2.45) is 0 Å². The van der Waals surface area contributed by atoms with E-state index < -0.39 is 5.60 Å². The second kappa shape index (κ2) is 4.72. The SMILES string of the molecule is CN(C)[C@H]1C[C@H]2CC[C@@H](C1)N2C(=O)OC(C)(C)C. The number of carbonyl (C=O) groups excluding carboxylic acids is 1. The van der Waals surface area contributed by atoms with Gasteiger partial charge < -0.3 is 14.5 Å². The van der Waals surface area contributed by atoms with Gasteiger partial charge in [0.1, 0.15) is 5.60 Å². The maximum Gasteiger partial charge on any atom is 0.410 e. The molecule has 0 aromatic carbocycles. The highest BCUT2D eigenvalue weighted by molar-refractivity contribution is 5.69. The van der Waals surface area contributed by atoms with Crippen LogP contribution in [-0.2, 0) is 4.74 Å². The third-order valence-electron chi connectivity index (χ3n) is 4.04. The van der Waals surface area contributed by atoms with Crippen molar-refractivity contribution in [3.63, 3.8) is 0 Å². The molecule has 0 aliphatic carbocycles. The molecule has 0 saturated carbocycles. The fourth-order valence-corrected chi connectivity index (χ4v) is 3.18. The lowest BCUT2D eigenvalue weighted by molar-refractivity contribution is -0.000588. The molecule has 1 amide bonds. The van der Waals surface area contributed by atoms with Crippen molar-refractivity contribution in [2.75, 3.05) is 14.1 Å². The molecule has 2 aliphatic rings. The van der Waals surface area contributed by atoms with E-state index in [9.17, 15) is 4.79 Å². The van der Waals surface area contributed by atoms with Crippen LogP contribution in [0, 0.1) is 0 Å². The molecule has 0 aromatic rings. The van der Waals surface area contributed by atoms with Gasteiger partial charge in [0, 0.05) is 18.1 Å². The average Bonchev–Trinajstić information content (AvgIpc) is 2.47. The number of hydrogen-bond donors (Lipinski definition) is 0. The van der Waals surface area contributed by atoms with Gasteiger partial charge in [-0.25, -0.2) is 4.79 Å². The Morgan fingerprint density at radius 1 is 1.17 bits per heavy atom. The number of piperidine rings is 1. The van der Waals surface area contributed by atoms with Crippen molar-refractivity contribution in [1.82, 2.24) is 9.80 Å². The van der Waals surface area contributed by atoms with Gasteiger partial charge in [0.05, 0.1) is 0 Å². The summed E-state index contributed by atoms with van der Waals surface area (Å²) in [4.78, 5) is 16.5. The highest BCUT2D eigenvalue weighted by Gasteiger charge is 2.45. The largest absolute Gasteiger partial charge is 0.444 e. The summed E-state index contributed by atoms with van der Waals surface area (Å²) in [6, 6.07) is 1.37. The van der Waals surface area contributed by atoms with Crippen LogP contribution in [0.25, 0.3) is 0 Å². The minimum atomic E-state index is -0.394. The molecule has 2 saturated heterocycles. The number of carbonyl (C=O) groups is 1. The van der Waals surface area contributed by atoms with Crippen LogP contribution in [-0.4, -0.2) is 53.7 Å². The van der Waals surface area contributed by atoms with Crippen LogP contribution in [0.3, 0.4) is 0 Å². The van der Waals surface area contributed by atoms with Crippen molar-refractivity contribution in [2.45, 2.75) is 70.2 Å². The summed E-state index contributed by atoms with van der Waals surface area (Å²) in [5, 5.41) is 0. The smallest absolute Gasteiger partial charge is 0.410 e. The van der Waals surface area contributed by atoms with E-state index in [1.165, 1.54) is 0 Å². The fourth-order valence-electron chi connectivity index (χ4n) is 3.18. The molecule has 4 heteroatoms. The van der Waals surface area contributed by atoms with E-state index in [4.69, 9.17) is 4.74 Å². The van der Waals surface area contributed by atoms with Crippen molar-refractivity contribution < 1.29 is 9.53 Å². The molecule has 0 unspecified atom stereocenters. The monoisotopic (exact) mass is 254 g/mol. The van der Waals surface area contributed by atoms with Gasteiger partial charge in [-0.05, 0) is 60.5 Å². The predicted octanol–water partition coefficient (Wildman–Crippen LogP) is 2.48.